The van der Waals surface area contributed by atoms with Crippen molar-refractivity contribution >= 4 is 28.8 Å². The van der Waals surface area contributed by atoms with Gasteiger partial charge in [-0.05, 0) is 47.2 Å². The number of carbonyl (C=O) groups excluding carboxylic acids is 3. The molecule has 0 saturated carbocycles. The number of fused-ring (bicyclic) bond motifs is 1. The Bertz CT molecular complexity index is 1920. The van der Waals surface area contributed by atoms with E-state index in [4.69, 9.17) is 4.74 Å². The van der Waals surface area contributed by atoms with Crippen LogP contribution in [0.4, 0.5) is 4.79 Å². The third-order valence-corrected chi connectivity index (χ3v) is 8.45. The molecular weight excluding hydrogens is 644 g/mol. The van der Waals surface area contributed by atoms with Gasteiger partial charge in [0, 0.05) is 30.2 Å². The Morgan fingerprint density at radius 3 is 2.22 bits per heavy atom. The van der Waals surface area contributed by atoms with Gasteiger partial charge >= 0.3 is 6.09 Å². The molecule has 0 bridgehead atoms. The van der Waals surface area contributed by atoms with Gasteiger partial charge in [0.2, 0.25) is 0 Å². The average molecular weight is 689 g/mol. The second kappa shape index (κ2) is 16.8. The highest BCUT2D eigenvalue weighted by molar-refractivity contribution is 5.95. The summed E-state index contributed by atoms with van der Waals surface area (Å²) in [5.74, 6) is -0.925. The number of nitrogens with one attached hydrogen (secondary N) is 3. The molecule has 3 aromatic carbocycles. The quantitative estimate of drug-likeness (QED) is 0.122. The van der Waals surface area contributed by atoms with Crippen molar-refractivity contribution < 1.29 is 24.2 Å². The van der Waals surface area contributed by atoms with Crippen molar-refractivity contribution in [3.8, 4) is 11.3 Å². The molecule has 0 aliphatic heterocycles. The minimum atomic E-state index is -1.15. The van der Waals surface area contributed by atoms with E-state index in [-0.39, 0.29) is 18.8 Å². The zero-order chi connectivity index (χ0) is 36.4. The molecule has 0 aliphatic carbocycles. The van der Waals surface area contributed by atoms with Gasteiger partial charge in [-0.3, -0.25) is 20.0 Å². The van der Waals surface area contributed by atoms with E-state index in [1.165, 1.54) is 7.11 Å². The van der Waals surface area contributed by atoms with Crippen LogP contribution in [0, 0.1) is 5.41 Å². The van der Waals surface area contributed by atoms with E-state index < -0.39 is 41.5 Å². The summed E-state index contributed by atoms with van der Waals surface area (Å²) in [6, 6.07) is 32.3. The molecule has 0 unspecified atom stereocenters. The lowest BCUT2D eigenvalue weighted by Crippen LogP contribution is -2.59. The van der Waals surface area contributed by atoms with Crippen LogP contribution in [0.25, 0.3) is 22.2 Å². The summed E-state index contributed by atoms with van der Waals surface area (Å²) in [4.78, 5) is 48.6. The van der Waals surface area contributed by atoms with Crippen molar-refractivity contribution in [2.24, 2.45) is 5.41 Å². The highest BCUT2D eigenvalue weighted by atomic mass is 16.5. The Kier molecular flexibility index (Phi) is 12.1. The maximum Gasteiger partial charge on any atom is 0.407 e. The van der Waals surface area contributed by atoms with Gasteiger partial charge < -0.3 is 20.5 Å². The first-order valence-electron chi connectivity index (χ1n) is 16.8. The smallest absolute Gasteiger partial charge is 0.407 e. The van der Waals surface area contributed by atoms with Crippen LogP contribution in [0.5, 0.6) is 0 Å². The maximum absolute atomic E-state index is 13.8. The molecule has 0 saturated heterocycles. The highest BCUT2D eigenvalue weighted by Gasteiger charge is 2.35. The number of nitrogens with zero attached hydrogens (tertiary/aromatic N) is 3. The lowest BCUT2D eigenvalue weighted by atomic mass is 9.86. The Morgan fingerprint density at radius 2 is 1.53 bits per heavy atom. The van der Waals surface area contributed by atoms with Crippen LogP contribution in [-0.4, -0.2) is 69.8 Å². The van der Waals surface area contributed by atoms with Crippen LogP contribution >= 0.6 is 0 Å². The molecule has 264 valence electrons. The van der Waals surface area contributed by atoms with E-state index in [0.717, 1.165) is 27.8 Å². The van der Waals surface area contributed by atoms with E-state index in [1.807, 2.05) is 124 Å². The molecule has 2 aromatic heterocycles. The van der Waals surface area contributed by atoms with Gasteiger partial charge in [0.1, 0.15) is 11.7 Å². The molecule has 0 spiro atoms. The topological polar surface area (TPSA) is 146 Å². The molecule has 5 rings (SSSR count). The minimum Gasteiger partial charge on any atom is -0.453 e. The van der Waals surface area contributed by atoms with Gasteiger partial charge in [-0.25, -0.2) is 14.8 Å². The summed E-state index contributed by atoms with van der Waals surface area (Å²) in [6.45, 7) is 5.63. The van der Waals surface area contributed by atoms with Crippen molar-refractivity contribution in [2.45, 2.75) is 51.9 Å². The van der Waals surface area contributed by atoms with E-state index >= 15 is 0 Å². The molecule has 0 aliphatic rings. The number of amides is 3. The van der Waals surface area contributed by atoms with Gasteiger partial charge in [-0.15, -0.1) is 0 Å². The number of pyridine rings is 2. The van der Waals surface area contributed by atoms with Crippen LogP contribution in [-0.2, 0) is 22.5 Å². The van der Waals surface area contributed by atoms with Crippen LogP contribution < -0.4 is 16.1 Å². The third kappa shape index (κ3) is 10.2. The number of carbonyl (C=O) groups is 3. The third-order valence-electron chi connectivity index (χ3n) is 8.45. The number of ether oxygens (including phenoxy) is 1. The van der Waals surface area contributed by atoms with E-state index in [2.05, 4.69) is 26.0 Å². The van der Waals surface area contributed by atoms with Gasteiger partial charge in [0.25, 0.3) is 11.8 Å². The summed E-state index contributed by atoms with van der Waals surface area (Å²) in [5.41, 5.74) is 6.66. The second-order valence-electron chi connectivity index (χ2n) is 13.4. The number of aliphatic hydroxyl groups excluding tert-OH is 1. The Labute approximate surface area is 298 Å². The molecule has 11 heteroatoms. The van der Waals surface area contributed by atoms with Crippen molar-refractivity contribution in [3.63, 3.8) is 0 Å². The lowest BCUT2D eigenvalue weighted by molar-refractivity contribution is -0.131. The fourth-order valence-electron chi connectivity index (χ4n) is 5.70. The number of aliphatic hydroxyl groups is 1. The van der Waals surface area contributed by atoms with Crippen molar-refractivity contribution in [1.82, 2.24) is 31.0 Å². The van der Waals surface area contributed by atoms with Crippen molar-refractivity contribution in [3.05, 3.63) is 132 Å². The number of para-hydroxylation sites is 1. The van der Waals surface area contributed by atoms with Gasteiger partial charge in [-0.2, -0.15) is 0 Å². The van der Waals surface area contributed by atoms with Crippen molar-refractivity contribution in [1.29, 1.82) is 0 Å². The van der Waals surface area contributed by atoms with Gasteiger partial charge in [0.05, 0.1) is 30.5 Å². The SMILES string of the molecule is COC(=O)N[C@H](C(=O)NN(Cc1ccc(-c2ccccn2)cc1)C[C@@H](O)[C@H](Cc1ccccc1)NC(=O)c1ccc2ccccc2n1)C(C)(C)C. The Balaban J connectivity index is 1.41. The molecular formula is C40H44N6O5. The summed E-state index contributed by atoms with van der Waals surface area (Å²) in [5, 5.41) is 20.0. The zero-order valence-corrected chi connectivity index (χ0v) is 29.2. The van der Waals surface area contributed by atoms with Crippen molar-refractivity contribution in [2.75, 3.05) is 13.7 Å². The van der Waals surface area contributed by atoms with E-state index in [0.29, 0.717) is 11.9 Å². The van der Waals surface area contributed by atoms with Crippen LogP contribution in [0.15, 0.2) is 115 Å². The predicted molar refractivity (Wildman–Crippen MR) is 196 cm³/mol. The molecule has 0 radical (unpaired) electrons. The Morgan fingerprint density at radius 1 is 0.824 bits per heavy atom. The molecule has 3 amide bonds. The fourth-order valence-corrected chi connectivity index (χ4v) is 5.70. The molecule has 5 aromatic rings. The van der Waals surface area contributed by atoms with Crippen LogP contribution in [0.3, 0.4) is 0 Å². The Hall–Kier alpha value is -5.65. The number of hydrogen-bond donors (Lipinski definition) is 4. The second-order valence-corrected chi connectivity index (χ2v) is 13.4. The zero-order valence-electron chi connectivity index (χ0n) is 29.2. The fraction of sp³-hybridized carbons (Fsp3) is 0.275. The molecule has 0 fully saturated rings. The minimum absolute atomic E-state index is 0.0637. The number of hydrazine groups is 1. The first kappa shape index (κ1) is 36.6. The number of hydrogen-bond acceptors (Lipinski definition) is 8. The molecule has 2 heterocycles. The summed E-state index contributed by atoms with van der Waals surface area (Å²) >= 11 is 0. The van der Waals surface area contributed by atoms with E-state index in [1.54, 1.807) is 17.3 Å². The largest absolute Gasteiger partial charge is 0.453 e. The van der Waals surface area contributed by atoms with Crippen LogP contribution in [0.2, 0.25) is 0 Å². The van der Waals surface area contributed by atoms with Gasteiger partial charge in [-0.1, -0.05) is 106 Å². The first-order chi connectivity index (χ1) is 24.5. The van der Waals surface area contributed by atoms with Gasteiger partial charge in [0.15, 0.2) is 0 Å². The van der Waals surface area contributed by atoms with E-state index in [9.17, 15) is 19.5 Å². The predicted octanol–water partition coefficient (Wildman–Crippen LogP) is 5.30. The normalized spacial score (nSPS) is 13.2. The molecule has 11 nitrogen and oxygen atoms in total. The number of aromatic nitrogens is 2. The maximum atomic E-state index is 13.8. The summed E-state index contributed by atoms with van der Waals surface area (Å²) in [7, 11) is 1.23. The number of alkyl carbamates (subject to hydrolysis) is 1. The standard InChI is InChI=1S/C40H44N6O5/c1-40(2,3)36(44-39(50)51-4)38(49)45-46(25-28-17-19-30(20-18-28)31-15-10-11-23-41-31)26-35(47)34(24-27-12-6-5-7-13-27)43-37(48)33-22-21-29-14-8-9-16-32(29)42-33/h5-23,34-36,47H,24-26H2,1-4H3,(H,43,48)(H,44,50)(H,45,49)/t34-,35+,36+/m0/s1. The summed E-state index contributed by atoms with van der Waals surface area (Å²) < 4.78 is 4.79. The average Bonchev–Trinajstić information content (AvgIpc) is 3.13. The number of methoxy groups -OCH3 is 1. The molecule has 4 N–H and O–H groups in total. The number of benzene rings is 3. The first-order valence-corrected chi connectivity index (χ1v) is 16.8. The number of rotatable bonds is 13. The molecule has 3 atom stereocenters. The monoisotopic (exact) mass is 688 g/mol. The summed E-state index contributed by atoms with van der Waals surface area (Å²) in [6.07, 6.45) is 0.159. The van der Waals surface area contributed by atoms with Crippen LogP contribution in [0.1, 0.15) is 42.4 Å². The lowest BCUT2D eigenvalue weighted by Gasteiger charge is -2.34. The highest BCUT2D eigenvalue weighted by Crippen LogP contribution is 2.21. The molecule has 51 heavy (non-hydrogen) atoms.